The number of hydrogen-bond donors (Lipinski definition) is 0. The Morgan fingerprint density at radius 1 is 1.06 bits per heavy atom. The number of oxazole rings is 1. The molecule has 1 aromatic heterocycles. The summed E-state index contributed by atoms with van der Waals surface area (Å²) in [5, 5.41) is 0. The zero-order valence-electron chi connectivity index (χ0n) is 11.4. The first-order chi connectivity index (χ1) is 8.10. The molecular weight excluding hydrogens is 210 g/mol. The van der Waals surface area contributed by atoms with Gasteiger partial charge in [0.1, 0.15) is 5.76 Å². The Hall–Kier alpha value is -1.57. The molecule has 2 rings (SSSR count). The zero-order chi connectivity index (χ0) is 12.8. The molecule has 0 atom stereocenters. The Balaban J connectivity index is 0.000000437. The van der Waals surface area contributed by atoms with Crippen molar-refractivity contribution in [1.82, 2.24) is 4.98 Å². The van der Waals surface area contributed by atoms with Gasteiger partial charge in [0.25, 0.3) is 0 Å². The monoisotopic (exact) mass is 231 g/mol. The van der Waals surface area contributed by atoms with Crippen LogP contribution in [-0.4, -0.2) is 4.98 Å². The van der Waals surface area contributed by atoms with Crippen LogP contribution in [0.2, 0.25) is 0 Å². The summed E-state index contributed by atoms with van der Waals surface area (Å²) < 4.78 is 5.57. The molecule has 0 fully saturated rings. The Morgan fingerprint density at radius 2 is 1.65 bits per heavy atom. The van der Waals surface area contributed by atoms with Crippen molar-refractivity contribution in [2.24, 2.45) is 0 Å². The first kappa shape index (κ1) is 13.5. The molecule has 0 unspecified atom stereocenters. The highest BCUT2D eigenvalue weighted by atomic mass is 16.4. The highest BCUT2D eigenvalue weighted by molar-refractivity contribution is 5.58. The van der Waals surface area contributed by atoms with Crippen molar-refractivity contribution < 1.29 is 4.42 Å². The number of aryl methyl sites for hydroxylation is 3. The largest absolute Gasteiger partial charge is 0.441 e. The normalized spacial score (nSPS) is 9.71. The molecule has 0 N–H and O–H groups in total. The predicted octanol–water partition coefficient (Wildman–Crippen LogP) is 4.68. The van der Waals surface area contributed by atoms with E-state index < -0.39 is 0 Å². The van der Waals surface area contributed by atoms with Crippen molar-refractivity contribution >= 4 is 0 Å². The number of nitrogens with zero attached hydrogens (tertiary/aromatic N) is 1. The van der Waals surface area contributed by atoms with Gasteiger partial charge in [0.15, 0.2) is 0 Å². The summed E-state index contributed by atoms with van der Waals surface area (Å²) in [5.74, 6) is 1.61. The lowest BCUT2D eigenvalue weighted by atomic mass is 10.1. The van der Waals surface area contributed by atoms with Crippen LogP contribution in [0.1, 0.15) is 37.3 Å². The molecule has 0 aliphatic rings. The van der Waals surface area contributed by atoms with E-state index in [4.69, 9.17) is 4.42 Å². The van der Waals surface area contributed by atoms with Crippen molar-refractivity contribution in [2.45, 2.75) is 41.0 Å². The summed E-state index contributed by atoms with van der Waals surface area (Å²) >= 11 is 0. The van der Waals surface area contributed by atoms with Crippen LogP contribution in [0.25, 0.3) is 11.5 Å². The van der Waals surface area contributed by atoms with Gasteiger partial charge in [0, 0.05) is 5.56 Å². The van der Waals surface area contributed by atoms with Crippen molar-refractivity contribution in [3.8, 4) is 11.5 Å². The van der Waals surface area contributed by atoms with Gasteiger partial charge in [-0.1, -0.05) is 38.5 Å². The molecule has 17 heavy (non-hydrogen) atoms. The molecule has 0 amide bonds. The quantitative estimate of drug-likeness (QED) is 0.712. The molecule has 2 nitrogen and oxygen atoms in total. The zero-order valence-corrected chi connectivity index (χ0v) is 11.4. The van der Waals surface area contributed by atoms with Gasteiger partial charge in [-0.3, -0.25) is 0 Å². The molecule has 2 heteroatoms. The van der Waals surface area contributed by atoms with E-state index >= 15 is 0 Å². The summed E-state index contributed by atoms with van der Waals surface area (Å²) in [6.07, 6.45) is 1.25. The SMILES string of the molecule is CCC.Cc1ccccc1-c1nc(C)c(C)o1. The molecule has 0 aliphatic heterocycles. The van der Waals surface area contributed by atoms with Gasteiger partial charge >= 0.3 is 0 Å². The highest BCUT2D eigenvalue weighted by Crippen LogP contribution is 2.23. The van der Waals surface area contributed by atoms with E-state index in [2.05, 4.69) is 31.8 Å². The van der Waals surface area contributed by atoms with Crippen LogP contribution in [0, 0.1) is 20.8 Å². The smallest absolute Gasteiger partial charge is 0.226 e. The second-order valence-electron chi connectivity index (χ2n) is 4.18. The third-order valence-electron chi connectivity index (χ3n) is 2.40. The van der Waals surface area contributed by atoms with E-state index in [-0.39, 0.29) is 0 Å². The molecule has 0 aliphatic carbocycles. The first-order valence-electron chi connectivity index (χ1n) is 6.10. The van der Waals surface area contributed by atoms with Gasteiger partial charge in [-0.05, 0) is 32.4 Å². The van der Waals surface area contributed by atoms with E-state index in [0.717, 1.165) is 22.9 Å². The molecule has 1 aromatic carbocycles. The fourth-order valence-electron chi connectivity index (χ4n) is 1.40. The molecule has 2 aromatic rings. The summed E-state index contributed by atoms with van der Waals surface area (Å²) in [5.41, 5.74) is 3.22. The Morgan fingerprint density at radius 3 is 2.12 bits per heavy atom. The van der Waals surface area contributed by atoms with E-state index in [0.29, 0.717) is 0 Å². The average Bonchev–Trinajstić information content (AvgIpc) is 2.61. The van der Waals surface area contributed by atoms with Crippen LogP contribution in [-0.2, 0) is 0 Å². The summed E-state index contributed by atoms with van der Waals surface area (Å²) in [7, 11) is 0. The summed E-state index contributed by atoms with van der Waals surface area (Å²) in [6.45, 7) is 10.2. The van der Waals surface area contributed by atoms with Crippen LogP contribution < -0.4 is 0 Å². The minimum Gasteiger partial charge on any atom is -0.441 e. The van der Waals surface area contributed by atoms with Crippen molar-refractivity contribution in [2.75, 3.05) is 0 Å². The fourth-order valence-corrected chi connectivity index (χ4v) is 1.40. The molecule has 0 saturated carbocycles. The van der Waals surface area contributed by atoms with Gasteiger partial charge in [-0.15, -0.1) is 0 Å². The molecule has 0 spiro atoms. The maximum Gasteiger partial charge on any atom is 0.226 e. The molecule has 0 bridgehead atoms. The Kier molecular flexibility index (Phi) is 4.95. The second-order valence-corrected chi connectivity index (χ2v) is 4.18. The Labute approximate surface area is 104 Å². The lowest BCUT2D eigenvalue weighted by Crippen LogP contribution is -1.82. The second kappa shape index (κ2) is 6.24. The van der Waals surface area contributed by atoms with Crippen LogP contribution in [0.5, 0.6) is 0 Å². The van der Waals surface area contributed by atoms with Crippen molar-refractivity contribution in [3.63, 3.8) is 0 Å². The first-order valence-corrected chi connectivity index (χ1v) is 6.10. The van der Waals surface area contributed by atoms with E-state index in [1.54, 1.807) is 0 Å². The van der Waals surface area contributed by atoms with Gasteiger partial charge in [0.05, 0.1) is 5.69 Å². The lowest BCUT2D eigenvalue weighted by Gasteiger charge is -1.98. The topological polar surface area (TPSA) is 26.0 Å². The number of rotatable bonds is 1. The summed E-state index contributed by atoms with van der Waals surface area (Å²) in [4.78, 5) is 4.37. The van der Waals surface area contributed by atoms with Gasteiger partial charge in [-0.25, -0.2) is 4.98 Å². The summed E-state index contributed by atoms with van der Waals surface area (Å²) in [6, 6.07) is 8.10. The Bertz CT molecular complexity index is 452. The van der Waals surface area contributed by atoms with Crippen LogP contribution in [0.4, 0.5) is 0 Å². The van der Waals surface area contributed by atoms with Gasteiger partial charge in [0.2, 0.25) is 5.89 Å². The highest BCUT2D eigenvalue weighted by Gasteiger charge is 2.09. The fraction of sp³-hybridized carbons (Fsp3) is 0.400. The third kappa shape index (κ3) is 3.45. The van der Waals surface area contributed by atoms with Crippen molar-refractivity contribution in [1.29, 1.82) is 0 Å². The number of aromatic nitrogens is 1. The average molecular weight is 231 g/mol. The van der Waals surface area contributed by atoms with Crippen LogP contribution in [0.15, 0.2) is 28.7 Å². The number of benzene rings is 1. The predicted molar refractivity (Wildman–Crippen MR) is 72.1 cm³/mol. The van der Waals surface area contributed by atoms with Crippen molar-refractivity contribution in [3.05, 3.63) is 41.3 Å². The number of hydrogen-bond acceptors (Lipinski definition) is 2. The molecule has 92 valence electrons. The van der Waals surface area contributed by atoms with Gasteiger partial charge < -0.3 is 4.42 Å². The van der Waals surface area contributed by atoms with E-state index in [1.165, 1.54) is 12.0 Å². The lowest BCUT2D eigenvalue weighted by molar-refractivity contribution is 0.540. The van der Waals surface area contributed by atoms with E-state index in [1.807, 2.05) is 32.0 Å². The molecule has 1 heterocycles. The standard InChI is InChI=1S/C12H13NO.C3H8/c1-8-6-4-5-7-11(8)12-13-9(2)10(3)14-12;1-3-2/h4-7H,1-3H3;3H2,1-2H3. The van der Waals surface area contributed by atoms with Gasteiger partial charge in [-0.2, -0.15) is 0 Å². The van der Waals surface area contributed by atoms with E-state index in [9.17, 15) is 0 Å². The maximum absolute atomic E-state index is 5.57. The minimum atomic E-state index is 0.720. The minimum absolute atomic E-state index is 0.720. The van der Waals surface area contributed by atoms with Crippen LogP contribution >= 0.6 is 0 Å². The molecular formula is C15H21NO. The molecule has 0 saturated heterocycles. The maximum atomic E-state index is 5.57. The van der Waals surface area contributed by atoms with Crippen LogP contribution in [0.3, 0.4) is 0 Å². The third-order valence-corrected chi connectivity index (χ3v) is 2.40. The molecule has 0 radical (unpaired) electrons.